The number of thioether (sulfide) groups is 1. The summed E-state index contributed by atoms with van der Waals surface area (Å²) >= 11 is 1.40. The van der Waals surface area contributed by atoms with Gasteiger partial charge >= 0.3 is 11.9 Å². The smallest absolute Gasteiger partial charge is 0.363 e. The van der Waals surface area contributed by atoms with Gasteiger partial charge < -0.3 is 19.7 Å². The van der Waals surface area contributed by atoms with Crippen LogP contribution in [0.1, 0.15) is 42.3 Å². The van der Waals surface area contributed by atoms with Crippen molar-refractivity contribution in [2.45, 2.75) is 63.7 Å². The summed E-state index contributed by atoms with van der Waals surface area (Å²) in [5.74, 6) is -0.380. The number of nitrogens with zero attached hydrogens (tertiary/aromatic N) is 1. The van der Waals surface area contributed by atoms with E-state index in [9.17, 15) is 14.4 Å². The third-order valence-electron chi connectivity index (χ3n) is 6.51. The van der Waals surface area contributed by atoms with Crippen LogP contribution in [0.5, 0.6) is 5.75 Å². The lowest BCUT2D eigenvalue weighted by atomic mass is 10.0. The summed E-state index contributed by atoms with van der Waals surface area (Å²) in [6, 6.07) is 1.89. The average molecular weight is 527 g/mol. The van der Waals surface area contributed by atoms with Gasteiger partial charge in [-0.2, -0.15) is 11.8 Å². The molecule has 1 heterocycles. The van der Waals surface area contributed by atoms with E-state index < -0.39 is 38.2 Å². The highest BCUT2D eigenvalue weighted by atomic mass is 32.2. The molecule has 1 aromatic carbocycles. The minimum Gasteiger partial charge on any atom is -0.496 e. The molecule has 1 amide bonds. The Kier molecular flexibility index (Phi) is 9.80. The molecule has 2 rings (SSSR count). The van der Waals surface area contributed by atoms with Gasteiger partial charge in [-0.3, -0.25) is 9.69 Å². The van der Waals surface area contributed by atoms with Crippen molar-refractivity contribution >= 4 is 37.9 Å². The lowest BCUT2D eigenvalue weighted by Gasteiger charge is -2.34. The van der Waals surface area contributed by atoms with Crippen LogP contribution in [0.4, 0.5) is 0 Å². The maximum Gasteiger partial charge on any atom is 0.363 e. The fraction of sp³-hybridized carbons (Fsp3) is 0.625. The third kappa shape index (κ3) is 7.22. The standard InChI is InChI=1S/C24H38N2O7SSi/c1-15-19(30-7)11-10-16-13-34-14-17(22(28)32-33-35(8,9)24(2,3)4)25-21(27)18(26(5)6)12-31-23(29)20(15)16/h10-11,17-18H,12-14H2,1-9H3,(H,25,27). The van der Waals surface area contributed by atoms with Crippen LogP contribution in [0.2, 0.25) is 18.1 Å². The van der Waals surface area contributed by atoms with E-state index in [0.29, 0.717) is 22.6 Å². The molecule has 1 aromatic rings. The number of nitrogens with one attached hydrogen (secondary N) is 1. The molecule has 9 nitrogen and oxygen atoms in total. The molecule has 0 spiro atoms. The predicted octanol–water partition coefficient (Wildman–Crippen LogP) is 3.30. The number of hydrogen-bond donors (Lipinski definition) is 1. The topological polar surface area (TPSA) is 103 Å². The molecule has 1 aliphatic heterocycles. The second kappa shape index (κ2) is 11.8. The Bertz CT molecular complexity index is 947. The first-order valence-corrected chi connectivity index (χ1v) is 15.5. The Morgan fingerprint density at radius 1 is 1.23 bits per heavy atom. The summed E-state index contributed by atoms with van der Waals surface area (Å²) in [6.45, 7) is 11.7. The summed E-state index contributed by atoms with van der Waals surface area (Å²) < 4.78 is 16.6. The molecule has 0 aromatic heterocycles. The number of hydrogen-bond acceptors (Lipinski definition) is 9. The molecule has 1 N–H and O–H groups in total. The SMILES string of the molecule is COc1ccc2c(c1C)C(=O)OCC(N(C)C)C(=O)NC(C(=O)OO[Si](C)(C)C(C)(C)C)CSC2. The number of carbonyl (C=O) groups is 3. The minimum atomic E-state index is -2.35. The van der Waals surface area contributed by atoms with Crippen molar-refractivity contribution in [2.75, 3.05) is 33.6 Å². The Morgan fingerprint density at radius 3 is 2.46 bits per heavy atom. The van der Waals surface area contributed by atoms with Gasteiger partial charge in [0.25, 0.3) is 8.32 Å². The number of cyclic esters (lactones) is 1. The van der Waals surface area contributed by atoms with Gasteiger partial charge in [-0.05, 0) is 50.8 Å². The molecular weight excluding hydrogens is 488 g/mol. The number of ether oxygens (including phenoxy) is 2. The number of benzene rings is 1. The van der Waals surface area contributed by atoms with Crippen LogP contribution in [0.25, 0.3) is 0 Å². The maximum absolute atomic E-state index is 13.1. The summed E-state index contributed by atoms with van der Waals surface area (Å²) in [4.78, 5) is 45.9. The van der Waals surface area contributed by atoms with Gasteiger partial charge in [-0.25, -0.2) is 14.2 Å². The molecule has 2 unspecified atom stereocenters. The molecule has 2 atom stereocenters. The maximum atomic E-state index is 13.1. The van der Waals surface area contributed by atoms with Crippen LogP contribution < -0.4 is 10.1 Å². The Balaban J connectivity index is 2.33. The van der Waals surface area contributed by atoms with Crippen LogP contribution in [-0.4, -0.2) is 76.7 Å². The van der Waals surface area contributed by atoms with Crippen LogP contribution in [0.3, 0.4) is 0 Å². The van der Waals surface area contributed by atoms with Crippen molar-refractivity contribution in [2.24, 2.45) is 0 Å². The van der Waals surface area contributed by atoms with Crippen molar-refractivity contribution in [3.63, 3.8) is 0 Å². The molecule has 196 valence electrons. The number of esters is 1. The van der Waals surface area contributed by atoms with E-state index in [1.54, 1.807) is 39.1 Å². The van der Waals surface area contributed by atoms with Gasteiger partial charge in [0.2, 0.25) is 5.91 Å². The first-order valence-electron chi connectivity index (χ1n) is 11.5. The van der Waals surface area contributed by atoms with Gasteiger partial charge in [0, 0.05) is 17.1 Å². The molecule has 11 heteroatoms. The summed E-state index contributed by atoms with van der Waals surface area (Å²) in [6.07, 6.45) is 0. The molecule has 1 aliphatic rings. The first-order chi connectivity index (χ1) is 16.2. The monoisotopic (exact) mass is 526 g/mol. The lowest BCUT2D eigenvalue weighted by molar-refractivity contribution is -0.223. The lowest BCUT2D eigenvalue weighted by Crippen LogP contribution is -2.53. The molecule has 0 saturated carbocycles. The second-order valence-electron chi connectivity index (χ2n) is 10.3. The Morgan fingerprint density at radius 2 is 1.89 bits per heavy atom. The van der Waals surface area contributed by atoms with Crippen LogP contribution >= 0.6 is 11.8 Å². The second-order valence-corrected chi connectivity index (χ2v) is 16.0. The number of carbonyl (C=O) groups excluding carboxylic acids is 3. The fourth-order valence-corrected chi connectivity index (χ4v) is 4.69. The van der Waals surface area contributed by atoms with E-state index in [-0.39, 0.29) is 17.4 Å². The molecular formula is C24H38N2O7SSi. The zero-order chi connectivity index (χ0) is 26.6. The zero-order valence-corrected chi connectivity index (χ0v) is 24.0. The largest absolute Gasteiger partial charge is 0.496 e. The highest BCUT2D eigenvalue weighted by Crippen LogP contribution is 2.36. The molecule has 0 fully saturated rings. The van der Waals surface area contributed by atoms with E-state index >= 15 is 0 Å². The van der Waals surface area contributed by atoms with Crippen molar-refractivity contribution in [3.8, 4) is 5.75 Å². The summed E-state index contributed by atoms with van der Waals surface area (Å²) in [7, 11) is 2.60. The third-order valence-corrected chi connectivity index (χ3v) is 11.7. The molecule has 0 radical (unpaired) electrons. The van der Waals surface area contributed by atoms with Gasteiger partial charge in [-0.1, -0.05) is 26.8 Å². The van der Waals surface area contributed by atoms with Crippen LogP contribution in [0, 0.1) is 6.92 Å². The molecule has 35 heavy (non-hydrogen) atoms. The van der Waals surface area contributed by atoms with E-state index in [1.165, 1.54) is 11.8 Å². The van der Waals surface area contributed by atoms with E-state index in [4.69, 9.17) is 18.9 Å². The van der Waals surface area contributed by atoms with Crippen molar-refractivity contribution in [1.82, 2.24) is 10.2 Å². The minimum absolute atomic E-state index is 0.152. The first kappa shape index (κ1) is 29.1. The van der Waals surface area contributed by atoms with Crippen LogP contribution in [0.15, 0.2) is 12.1 Å². The van der Waals surface area contributed by atoms with Crippen LogP contribution in [-0.2, 0) is 29.5 Å². The van der Waals surface area contributed by atoms with Crippen molar-refractivity contribution in [3.05, 3.63) is 28.8 Å². The summed E-state index contributed by atoms with van der Waals surface area (Å²) in [5, 5.41) is 2.61. The highest BCUT2D eigenvalue weighted by molar-refractivity contribution is 7.98. The van der Waals surface area contributed by atoms with Gasteiger partial charge in [0.05, 0.1) is 12.7 Å². The van der Waals surface area contributed by atoms with Gasteiger partial charge in [0.1, 0.15) is 24.4 Å². The van der Waals surface area contributed by atoms with Crippen molar-refractivity contribution < 1.29 is 33.3 Å². The summed E-state index contributed by atoms with van der Waals surface area (Å²) in [5.41, 5.74) is 1.84. The zero-order valence-electron chi connectivity index (χ0n) is 22.1. The van der Waals surface area contributed by atoms with E-state index in [2.05, 4.69) is 5.32 Å². The Labute approximate surface area is 213 Å². The normalized spacial score (nSPS) is 20.2. The molecule has 0 saturated heterocycles. The molecule has 0 aliphatic carbocycles. The van der Waals surface area contributed by atoms with Gasteiger partial charge in [-0.15, -0.1) is 0 Å². The van der Waals surface area contributed by atoms with E-state index in [1.807, 2.05) is 39.9 Å². The number of methoxy groups -OCH3 is 1. The van der Waals surface area contributed by atoms with Gasteiger partial charge in [0.15, 0.2) is 0 Å². The number of likely N-dealkylation sites (N-methyl/N-ethyl adjacent to an activating group) is 1. The number of amides is 1. The fourth-order valence-electron chi connectivity index (χ4n) is 3.11. The predicted molar refractivity (Wildman–Crippen MR) is 138 cm³/mol. The molecule has 0 bridgehead atoms. The van der Waals surface area contributed by atoms with E-state index in [0.717, 1.165) is 5.56 Å². The quantitative estimate of drug-likeness (QED) is 0.268. The average Bonchev–Trinajstić information content (AvgIpc) is 2.75. The number of rotatable bonds is 5. The van der Waals surface area contributed by atoms with Crippen molar-refractivity contribution in [1.29, 1.82) is 0 Å². The Hall–Kier alpha value is -2.08. The number of fused-ring (bicyclic) bond motifs is 1. The highest BCUT2D eigenvalue weighted by Gasteiger charge is 2.41.